The predicted octanol–water partition coefficient (Wildman–Crippen LogP) is 5.32. The van der Waals surface area contributed by atoms with Gasteiger partial charge in [0, 0.05) is 5.39 Å². The summed E-state index contributed by atoms with van der Waals surface area (Å²) in [5.41, 5.74) is 3.02. The maximum absolute atomic E-state index is 14.0. The Morgan fingerprint density at radius 3 is 2.38 bits per heavy atom. The minimum absolute atomic E-state index is 0.203. The minimum atomic E-state index is -3.94. The highest BCUT2D eigenvalue weighted by Gasteiger charge is 2.56. The second-order valence-corrected chi connectivity index (χ2v) is 11.8. The summed E-state index contributed by atoms with van der Waals surface area (Å²) in [4.78, 5) is 0.203. The molecule has 0 unspecified atom stereocenters. The van der Waals surface area contributed by atoms with Gasteiger partial charge in [0.05, 0.1) is 22.7 Å². The molecule has 0 saturated carbocycles. The van der Waals surface area contributed by atoms with Crippen molar-refractivity contribution < 1.29 is 27.4 Å². The van der Waals surface area contributed by atoms with Gasteiger partial charge in [-0.25, -0.2) is 12.4 Å². The van der Waals surface area contributed by atoms with E-state index in [9.17, 15) is 8.42 Å². The summed E-state index contributed by atoms with van der Waals surface area (Å²) >= 11 is 0. The lowest BCUT2D eigenvalue weighted by Gasteiger charge is -2.27. The van der Waals surface area contributed by atoms with E-state index in [2.05, 4.69) is 0 Å². The van der Waals surface area contributed by atoms with E-state index in [0.29, 0.717) is 17.8 Å². The van der Waals surface area contributed by atoms with Crippen molar-refractivity contribution in [3.8, 4) is 0 Å². The topological polar surface area (TPSA) is 76.0 Å². The molecule has 0 bridgehead atoms. The van der Waals surface area contributed by atoms with Crippen LogP contribution in [0.15, 0.2) is 89.8 Å². The predicted molar refractivity (Wildman–Crippen MR) is 138 cm³/mol. The van der Waals surface area contributed by atoms with Gasteiger partial charge in [0.1, 0.15) is 18.3 Å². The third kappa shape index (κ3) is 4.39. The molecule has 3 heterocycles. The van der Waals surface area contributed by atoms with Crippen molar-refractivity contribution >= 4 is 20.9 Å². The van der Waals surface area contributed by atoms with Crippen molar-refractivity contribution in [2.24, 2.45) is 0 Å². The van der Waals surface area contributed by atoms with Crippen LogP contribution in [0.2, 0.25) is 0 Å². The van der Waals surface area contributed by atoms with Gasteiger partial charge in [-0.3, -0.25) is 0 Å². The van der Waals surface area contributed by atoms with Gasteiger partial charge >= 0.3 is 0 Å². The Morgan fingerprint density at radius 2 is 1.62 bits per heavy atom. The van der Waals surface area contributed by atoms with E-state index in [-0.39, 0.29) is 4.90 Å². The fraction of sp³-hybridized carbons (Fsp3) is 0.310. The van der Waals surface area contributed by atoms with Crippen LogP contribution in [-0.2, 0) is 35.6 Å². The van der Waals surface area contributed by atoms with Crippen molar-refractivity contribution in [3.63, 3.8) is 0 Å². The van der Waals surface area contributed by atoms with Crippen molar-refractivity contribution in [3.05, 3.63) is 102 Å². The molecule has 2 saturated heterocycles. The van der Waals surface area contributed by atoms with E-state index in [4.69, 9.17) is 18.9 Å². The molecule has 2 aliphatic rings. The third-order valence-electron chi connectivity index (χ3n) is 6.82. The van der Waals surface area contributed by atoms with Crippen LogP contribution < -0.4 is 0 Å². The van der Waals surface area contributed by atoms with Gasteiger partial charge in [0.2, 0.25) is 0 Å². The molecule has 8 heteroatoms. The van der Waals surface area contributed by atoms with E-state index in [1.807, 2.05) is 75.4 Å². The number of nitrogens with zero attached hydrogens (tertiary/aromatic N) is 1. The molecule has 0 radical (unpaired) electrons. The molecular formula is C29H29NO6S. The zero-order valence-electron chi connectivity index (χ0n) is 20.9. The SMILES string of the molecule is Cc1ccc(S(=O)(=O)n2c([C@H]3O[C@@H]4OC(C)(C)O[C@@H]4[C@H]3OCc3ccccc3)cc3ccccc32)cc1. The Labute approximate surface area is 216 Å². The van der Waals surface area contributed by atoms with E-state index in [1.54, 1.807) is 30.3 Å². The van der Waals surface area contributed by atoms with Gasteiger partial charge in [-0.1, -0.05) is 66.2 Å². The summed E-state index contributed by atoms with van der Waals surface area (Å²) in [6.45, 7) is 5.91. The van der Waals surface area contributed by atoms with Gasteiger partial charge in [-0.05, 0) is 50.6 Å². The molecule has 4 atom stereocenters. The molecule has 4 aromatic rings. The number of benzene rings is 3. The second kappa shape index (κ2) is 9.08. The molecular weight excluding hydrogens is 490 g/mol. The van der Waals surface area contributed by atoms with E-state index in [1.165, 1.54) is 3.97 Å². The average molecular weight is 520 g/mol. The first-order valence-electron chi connectivity index (χ1n) is 12.3. The molecule has 2 fully saturated rings. The Hall–Kier alpha value is -3.01. The smallest absolute Gasteiger partial charge is 0.268 e. The average Bonchev–Trinajstić information content (AvgIpc) is 3.51. The summed E-state index contributed by atoms with van der Waals surface area (Å²) in [6.07, 6.45) is -2.53. The molecule has 7 nitrogen and oxygen atoms in total. The summed E-state index contributed by atoms with van der Waals surface area (Å²) in [5.74, 6) is -0.838. The van der Waals surface area contributed by atoms with Crippen molar-refractivity contribution in [2.45, 2.75) is 62.7 Å². The monoisotopic (exact) mass is 519 g/mol. The lowest BCUT2D eigenvalue weighted by molar-refractivity contribution is -0.220. The van der Waals surface area contributed by atoms with Crippen molar-refractivity contribution in [1.29, 1.82) is 0 Å². The van der Waals surface area contributed by atoms with Crippen molar-refractivity contribution in [2.75, 3.05) is 0 Å². The zero-order chi connectivity index (χ0) is 25.8. The molecule has 6 rings (SSSR count). The van der Waals surface area contributed by atoms with Crippen LogP contribution in [0.1, 0.15) is 36.8 Å². The van der Waals surface area contributed by atoms with Crippen molar-refractivity contribution in [1.82, 2.24) is 3.97 Å². The maximum atomic E-state index is 14.0. The van der Waals surface area contributed by atoms with E-state index >= 15 is 0 Å². The summed E-state index contributed by atoms with van der Waals surface area (Å²) in [5, 5.41) is 0.790. The molecule has 0 N–H and O–H groups in total. The Kier molecular flexibility index (Phi) is 5.97. The first-order valence-corrected chi connectivity index (χ1v) is 13.8. The third-order valence-corrected chi connectivity index (χ3v) is 8.58. The van der Waals surface area contributed by atoms with Gasteiger partial charge in [0.25, 0.3) is 10.0 Å². The highest BCUT2D eigenvalue weighted by molar-refractivity contribution is 7.90. The molecule has 1 aromatic heterocycles. The van der Waals surface area contributed by atoms with Gasteiger partial charge in [-0.2, -0.15) is 0 Å². The molecule has 0 spiro atoms. The normalized spacial score (nSPS) is 24.9. The van der Waals surface area contributed by atoms with Crippen LogP contribution in [0.3, 0.4) is 0 Å². The largest absolute Gasteiger partial charge is 0.367 e. The quantitative estimate of drug-likeness (QED) is 0.343. The fourth-order valence-electron chi connectivity index (χ4n) is 5.10. The molecule has 192 valence electrons. The van der Waals surface area contributed by atoms with Crippen LogP contribution >= 0.6 is 0 Å². The molecule has 3 aromatic carbocycles. The number of para-hydroxylation sites is 1. The zero-order valence-corrected chi connectivity index (χ0v) is 21.7. The molecule has 2 aliphatic heterocycles. The molecule has 0 amide bonds. The van der Waals surface area contributed by atoms with E-state index in [0.717, 1.165) is 16.5 Å². The van der Waals surface area contributed by atoms with Crippen LogP contribution in [-0.4, -0.2) is 36.7 Å². The standard InChI is InChI=1S/C29H29NO6S/c1-19-13-15-22(16-14-19)37(31,32)30-23-12-8-7-11-21(23)17-24(30)25-26(33-18-20-9-5-4-6-10-20)27-28(34-25)36-29(2,3)35-27/h4-17,25-28H,18H2,1-3H3/t25-,26+,27-,28-/m1/s1. The second-order valence-electron chi connectivity index (χ2n) is 10.00. The first-order chi connectivity index (χ1) is 17.7. The van der Waals surface area contributed by atoms with Gasteiger partial charge in [0.15, 0.2) is 12.1 Å². The number of fused-ring (bicyclic) bond motifs is 2. The number of hydrogen-bond donors (Lipinski definition) is 0. The Balaban J connectivity index is 1.46. The fourth-order valence-corrected chi connectivity index (χ4v) is 6.65. The minimum Gasteiger partial charge on any atom is -0.367 e. The Morgan fingerprint density at radius 1 is 0.919 bits per heavy atom. The highest BCUT2D eigenvalue weighted by Crippen LogP contribution is 2.46. The number of hydrogen-bond acceptors (Lipinski definition) is 6. The summed E-state index contributed by atoms with van der Waals surface area (Å²) in [6, 6.07) is 25.9. The van der Waals surface area contributed by atoms with Crippen LogP contribution in [0.4, 0.5) is 0 Å². The number of aromatic nitrogens is 1. The lowest BCUT2D eigenvalue weighted by atomic mass is 10.1. The number of rotatable bonds is 6. The van der Waals surface area contributed by atoms with Gasteiger partial charge < -0.3 is 18.9 Å². The summed E-state index contributed by atoms with van der Waals surface area (Å²) in [7, 11) is -3.94. The van der Waals surface area contributed by atoms with Crippen LogP contribution in [0, 0.1) is 6.92 Å². The number of aryl methyl sites for hydroxylation is 1. The van der Waals surface area contributed by atoms with Crippen LogP contribution in [0.5, 0.6) is 0 Å². The van der Waals surface area contributed by atoms with Gasteiger partial charge in [-0.15, -0.1) is 0 Å². The Bertz CT molecular complexity index is 1530. The summed E-state index contributed by atoms with van der Waals surface area (Å²) < 4.78 is 54.4. The van der Waals surface area contributed by atoms with Crippen LogP contribution in [0.25, 0.3) is 10.9 Å². The van der Waals surface area contributed by atoms with E-state index < -0.39 is 40.4 Å². The molecule has 37 heavy (non-hydrogen) atoms. The molecule has 0 aliphatic carbocycles. The first kappa shape index (κ1) is 24.3. The lowest BCUT2D eigenvalue weighted by Crippen LogP contribution is -2.34. The highest BCUT2D eigenvalue weighted by atomic mass is 32.2. The maximum Gasteiger partial charge on any atom is 0.268 e. The number of ether oxygens (including phenoxy) is 4.